The molecular weight excluding hydrogens is 196 g/mol. The molecule has 1 aromatic rings. The lowest BCUT2D eigenvalue weighted by Gasteiger charge is -2.12. The summed E-state index contributed by atoms with van der Waals surface area (Å²) in [6.07, 6.45) is 0. The van der Waals surface area contributed by atoms with E-state index >= 15 is 0 Å². The summed E-state index contributed by atoms with van der Waals surface area (Å²) < 4.78 is 10.3. The number of para-hydroxylation sites is 1. The van der Waals surface area contributed by atoms with Crippen LogP contribution in [0.15, 0.2) is 23.4 Å². The minimum Gasteiger partial charge on any atom is -0.493 e. The SMILES string of the molecule is COc1cccc(C(CN)=NO)c1OC. The van der Waals surface area contributed by atoms with Gasteiger partial charge in [0.05, 0.1) is 14.2 Å². The fraction of sp³-hybridized carbons (Fsp3) is 0.300. The number of ether oxygens (including phenoxy) is 2. The summed E-state index contributed by atoms with van der Waals surface area (Å²) in [7, 11) is 3.06. The molecule has 5 nitrogen and oxygen atoms in total. The van der Waals surface area contributed by atoms with Crippen LogP contribution < -0.4 is 15.2 Å². The van der Waals surface area contributed by atoms with Crippen LogP contribution in [0, 0.1) is 0 Å². The molecule has 0 saturated carbocycles. The van der Waals surface area contributed by atoms with Crippen molar-refractivity contribution in [3.8, 4) is 11.5 Å². The van der Waals surface area contributed by atoms with Crippen molar-refractivity contribution in [2.75, 3.05) is 20.8 Å². The Morgan fingerprint density at radius 2 is 2.13 bits per heavy atom. The molecule has 82 valence electrons. The molecule has 0 aromatic heterocycles. The average molecular weight is 210 g/mol. The maximum Gasteiger partial charge on any atom is 0.169 e. The molecule has 0 amide bonds. The lowest BCUT2D eigenvalue weighted by molar-refractivity contribution is 0.317. The van der Waals surface area contributed by atoms with E-state index in [9.17, 15) is 0 Å². The van der Waals surface area contributed by atoms with Crippen molar-refractivity contribution in [3.63, 3.8) is 0 Å². The number of benzene rings is 1. The first kappa shape index (κ1) is 11.3. The zero-order valence-electron chi connectivity index (χ0n) is 8.73. The van der Waals surface area contributed by atoms with Gasteiger partial charge >= 0.3 is 0 Å². The Labute approximate surface area is 88.1 Å². The third-order valence-electron chi connectivity index (χ3n) is 2.03. The van der Waals surface area contributed by atoms with Crippen molar-refractivity contribution in [1.82, 2.24) is 0 Å². The Bertz CT molecular complexity index is 364. The van der Waals surface area contributed by atoms with Gasteiger partial charge in [0.25, 0.3) is 0 Å². The first-order valence-electron chi connectivity index (χ1n) is 4.40. The van der Waals surface area contributed by atoms with Gasteiger partial charge in [-0.1, -0.05) is 11.2 Å². The van der Waals surface area contributed by atoms with E-state index in [4.69, 9.17) is 20.4 Å². The van der Waals surface area contributed by atoms with E-state index in [-0.39, 0.29) is 6.54 Å². The van der Waals surface area contributed by atoms with Gasteiger partial charge in [-0.25, -0.2) is 0 Å². The number of hydrogen-bond acceptors (Lipinski definition) is 5. The van der Waals surface area contributed by atoms with Crippen molar-refractivity contribution in [2.45, 2.75) is 0 Å². The highest BCUT2D eigenvalue weighted by molar-refractivity contribution is 6.04. The Hall–Kier alpha value is -1.75. The Balaban J connectivity index is 3.28. The smallest absolute Gasteiger partial charge is 0.169 e. The second-order valence-corrected chi connectivity index (χ2v) is 2.79. The number of hydrogen-bond donors (Lipinski definition) is 2. The Morgan fingerprint density at radius 1 is 1.40 bits per heavy atom. The van der Waals surface area contributed by atoms with Crippen LogP contribution in [0.4, 0.5) is 0 Å². The zero-order chi connectivity index (χ0) is 11.3. The summed E-state index contributed by atoms with van der Waals surface area (Å²) in [5.41, 5.74) is 6.42. The normalized spacial score (nSPS) is 11.3. The third kappa shape index (κ3) is 2.19. The predicted molar refractivity (Wildman–Crippen MR) is 56.9 cm³/mol. The molecule has 15 heavy (non-hydrogen) atoms. The minimum absolute atomic E-state index is 0.125. The highest BCUT2D eigenvalue weighted by Crippen LogP contribution is 2.30. The molecule has 0 heterocycles. The fourth-order valence-electron chi connectivity index (χ4n) is 1.32. The van der Waals surface area contributed by atoms with Crippen molar-refractivity contribution < 1.29 is 14.7 Å². The molecule has 0 aliphatic rings. The fourth-order valence-corrected chi connectivity index (χ4v) is 1.32. The maximum absolute atomic E-state index is 8.77. The summed E-state index contributed by atoms with van der Waals surface area (Å²) in [6, 6.07) is 5.29. The molecule has 5 heteroatoms. The van der Waals surface area contributed by atoms with Crippen molar-refractivity contribution in [1.29, 1.82) is 0 Å². The van der Waals surface area contributed by atoms with E-state index in [1.165, 1.54) is 7.11 Å². The first-order chi connectivity index (χ1) is 7.28. The molecule has 0 unspecified atom stereocenters. The molecule has 0 atom stereocenters. The molecule has 0 saturated heterocycles. The van der Waals surface area contributed by atoms with Crippen LogP contribution in [0.25, 0.3) is 0 Å². The maximum atomic E-state index is 8.77. The first-order valence-corrected chi connectivity index (χ1v) is 4.40. The average Bonchev–Trinajstić information content (AvgIpc) is 2.30. The Kier molecular flexibility index (Phi) is 3.93. The Morgan fingerprint density at radius 3 is 2.60 bits per heavy atom. The molecule has 3 N–H and O–H groups in total. The summed E-state index contributed by atoms with van der Waals surface area (Å²) in [4.78, 5) is 0. The van der Waals surface area contributed by atoms with E-state index < -0.39 is 0 Å². The second-order valence-electron chi connectivity index (χ2n) is 2.79. The van der Waals surface area contributed by atoms with Gasteiger partial charge in [-0.05, 0) is 12.1 Å². The van der Waals surface area contributed by atoms with Gasteiger partial charge in [-0.15, -0.1) is 0 Å². The molecule has 0 spiro atoms. The van der Waals surface area contributed by atoms with Gasteiger partial charge in [0.2, 0.25) is 0 Å². The molecule has 1 aromatic carbocycles. The van der Waals surface area contributed by atoms with E-state index in [0.29, 0.717) is 22.8 Å². The molecule has 0 aliphatic carbocycles. The van der Waals surface area contributed by atoms with Crippen LogP contribution in [-0.2, 0) is 0 Å². The highest BCUT2D eigenvalue weighted by Gasteiger charge is 2.13. The van der Waals surface area contributed by atoms with E-state index in [2.05, 4.69) is 5.16 Å². The molecule has 0 bridgehead atoms. The standard InChI is InChI=1S/C10H14N2O3/c1-14-9-5-3-4-7(10(9)15-2)8(6-11)12-13/h3-5,13H,6,11H2,1-2H3. The number of methoxy groups -OCH3 is 2. The largest absolute Gasteiger partial charge is 0.493 e. The van der Waals surface area contributed by atoms with E-state index in [1.54, 1.807) is 25.3 Å². The van der Waals surface area contributed by atoms with Gasteiger partial charge in [0.15, 0.2) is 11.5 Å². The number of oxime groups is 1. The van der Waals surface area contributed by atoms with Crippen LogP contribution in [0.1, 0.15) is 5.56 Å². The van der Waals surface area contributed by atoms with Gasteiger partial charge in [-0.3, -0.25) is 0 Å². The minimum atomic E-state index is 0.125. The topological polar surface area (TPSA) is 77.1 Å². The lowest BCUT2D eigenvalue weighted by atomic mass is 10.1. The van der Waals surface area contributed by atoms with Crippen molar-refractivity contribution >= 4 is 5.71 Å². The monoisotopic (exact) mass is 210 g/mol. The molecule has 0 aliphatic heterocycles. The number of nitrogens with two attached hydrogens (primary N) is 1. The predicted octanol–water partition coefficient (Wildman–Crippen LogP) is 0.841. The van der Waals surface area contributed by atoms with E-state index in [0.717, 1.165) is 0 Å². The summed E-state index contributed by atoms with van der Waals surface area (Å²) in [5, 5.41) is 11.9. The van der Waals surface area contributed by atoms with Gasteiger partial charge in [0, 0.05) is 12.1 Å². The molecule has 1 rings (SSSR count). The molecular formula is C10H14N2O3. The summed E-state index contributed by atoms with van der Waals surface area (Å²) in [6.45, 7) is 0.125. The van der Waals surface area contributed by atoms with Crippen LogP contribution in [0.5, 0.6) is 11.5 Å². The van der Waals surface area contributed by atoms with E-state index in [1.807, 2.05) is 0 Å². The van der Waals surface area contributed by atoms with Gasteiger partial charge in [-0.2, -0.15) is 0 Å². The van der Waals surface area contributed by atoms with Crippen molar-refractivity contribution in [2.24, 2.45) is 10.9 Å². The van der Waals surface area contributed by atoms with Gasteiger partial charge in [0.1, 0.15) is 5.71 Å². The van der Waals surface area contributed by atoms with Crippen LogP contribution in [0.2, 0.25) is 0 Å². The lowest BCUT2D eigenvalue weighted by Crippen LogP contribution is -2.16. The van der Waals surface area contributed by atoms with Gasteiger partial charge < -0.3 is 20.4 Å². The number of rotatable bonds is 4. The van der Waals surface area contributed by atoms with Crippen LogP contribution in [-0.4, -0.2) is 31.7 Å². The highest BCUT2D eigenvalue weighted by atomic mass is 16.5. The second kappa shape index (κ2) is 5.21. The molecule has 0 fully saturated rings. The third-order valence-corrected chi connectivity index (χ3v) is 2.03. The number of nitrogens with zero attached hydrogens (tertiary/aromatic N) is 1. The summed E-state index contributed by atoms with van der Waals surface area (Å²) in [5.74, 6) is 1.09. The van der Waals surface area contributed by atoms with Crippen molar-refractivity contribution in [3.05, 3.63) is 23.8 Å². The quantitative estimate of drug-likeness (QED) is 0.438. The van der Waals surface area contributed by atoms with Crippen LogP contribution in [0.3, 0.4) is 0 Å². The van der Waals surface area contributed by atoms with Crippen LogP contribution >= 0.6 is 0 Å². The molecule has 0 radical (unpaired) electrons. The zero-order valence-corrected chi connectivity index (χ0v) is 8.73. The summed E-state index contributed by atoms with van der Waals surface area (Å²) >= 11 is 0.